The summed E-state index contributed by atoms with van der Waals surface area (Å²) >= 11 is 0. The van der Waals surface area contributed by atoms with Crippen molar-refractivity contribution in [1.82, 2.24) is 9.88 Å². The lowest BCUT2D eigenvalue weighted by atomic mass is 9.95. The van der Waals surface area contributed by atoms with Crippen LogP contribution in [0.1, 0.15) is 29.3 Å². The molecule has 220 valence electrons. The number of hydrogen-bond acceptors (Lipinski definition) is 5. The molecule has 42 heavy (non-hydrogen) atoms. The van der Waals surface area contributed by atoms with E-state index in [1.807, 2.05) is 25.1 Å². The van der Waals surface area contributed by atoms with Crippen molar-refractivity contribution in [3.8, 4) is 28.7 Å². The Labute approximate surface area is 243 Å². The molecule has 6 nitrogen and oxygen atoms in total. The molecule has 0 unspecified atom stereocenters. The highest BCUT2D eigenvalue weighted by Gasteiger charge is 2.32. The molecule has 1 aliphatic rings. The van der Waals surface area contributed by atoms with Crippen LogP contribution >= 0.6 is 0 Å². The van der Waals surface area contributed by atoms with Crippen LogP contribution in [0.15, 0.2) is 59.5 Å². The van der Waals surface area contributed by atoms with Crippen LogP contribution in [0.4, 0.5) is 18.9 Å². The number of ether oxygens (including phenoxy) is 1. The quantitative estimate of drug-likeness (QED) is 0.258. The minimum Gasteiger partial charge on any atom is -0.495 e. The van der Waals surface area contributed by atoms with Gasteiger partial charge < -0.3 is 19.9 Å². The molecule has 5 rings (SSSR count). The number of aromatic nitrogens is 1. The second-order valence-electron chi connectivity index (χ2n) is 10.3. The summed E-state index contributed by atoms with van der Waals surface area (Å²) in [4.78, 5) is 0.118. The Hall–Kier alpha value is -3.94. The maximum atomic E-state index is 13.7. The van der Waals surface area contributed by atoms with Gasteiger partial charge in [0.1, 0.15) is 5.75 Å². The van der Waals surface area contributed by atoms with Crippen molar-refractivity contribution >= 4 is 26.4 Å². The molecule has 0 amide bonds. The largest absolute Gasteiger partial charge is 0.495 e. The van der Waals surface area contributed by atoms with Gasteiger partial charge in [0.05, 0.1) is 41.7 Å². The van der Waals surface area contributed by atoms with Crippen LogP contribution in [0.3, 0.4) is 0 Å². The second-order valence-corrected chi connectivity index (χ2v) is 12.3. The minimum atomic E-state index is -4.40. The molecule has 0 aliphatic carbocycles. The van der Waals surface area contributed by atoms with Crippen LogP contribution in [0.5, 0.6) is 5.75 Å². The standard InChI is InChI=1S/C32H32F3N3O3S/c1-4-38-29-17-22(21-7-8-24-20-36-15-13-23(24)16-21)9-11-27(29)26(30(38)19-32(33,34)35)6-5-14-37-28-12-10-25(42(3,39)40)18-31(28)41-2/h7-12,16-18,36-37H,4,13-15,19-20H2,1-3H3. The average Bonchev–Trinajstić information content (AvgIpc) is 3.24. The first-order chi connectivity index (χ1) is 20.0. The first-order valence-electron chi connectivity index (χ1n) is 13.6. The zero-order valence-corrected chi connectivity index (χ0v) is 24.5. The first kappa shape index (κ1) is 29.5. The number of methoxy groups -OCH3 is 1. The van der Waals surface area contributed by atoms with Crippen LogP contribution in [0.25, 0.3) is 22.0 Å². The number of sulfone groups is 1. The smallest absolute Gasteiger partial charge is 0.394 e. The van der Waals surface area contributed by atoms with Crippen LogP contribution in [-0.2, 0) is 35.8 Å². The summed E-state index contributed by atoms with van der Waals surface area (Å²) in [5, 5.41) is 7.12. The molecular formula is C32H32F3N3O3S. The van der Waals surface area contributed by atoms with E-state index in [0.717, 1.165) is 36.9 Å². The summed E-state index contributed by atoms with van der Waals surface area (Å²) in [6.45, 7) is 4.07. The lowest BCUT2D eigenvalue weighted by molar-refractivity contribution is -0.128. The molecule has 0 saturated heterocycles. The number of halogens is 3. The summed E-state index contributed by atoms with van der Waals surface area (Å²) < 4.78 is 72.0. The van der Waals surface area contributed by atoms with Crippen molar-refractivity contribution in [2.45, 2.75) is 43.9 Å². The number of benzene rings is 3. The molecule has 4 aromatic rings. The second kappa shape index (κ2) is 11.7. The van der Waals surface area contributed by atoms with E-state index < -0.39 is 22.4 Å². The van der Waals surface area contributed by atoms with Gasteiger partial charge in [-0.05, 0) is 60.3 Å². The maximum Gasteiger partial charge on any atom is 0.394 e. The number of hydrogen-bond donors (Lipinski definition) is 2. The van der Waals surface area contributed by atoms with Crippen LogP contribution in [-0.4, -0.2) is 45.6 Å². The van der Waals surface area contributed by atoms with Crippen molar-refractivity contribution in [3.05, 3.63) is 77.0 Å². The molecule has 0 spiro atoms. The minimum absolute atomic E-state index is 0.112. The predicted octanol–water partition coefficient (Wildman–Crippen LogP) is 5.95. The number of fused-ring (bicyclic) bond motifs is 2. The third-order valence-electron chi connectivity index (χ3n) is 7.46. The van der Waals surface area contributed by atoms with E-state index in [4.69, 9.17) is 4.74 Å². The Balaban J connectivity index is 1.50. The highest BCUT2D eigenvalue weighted by Crippen LogP contribution is 2.34. The zero-order valence-electron chi connectivity index (χ0n) is 23.7. The number of anilines is 1. The Morgan fingerprint density at radius 1 is 1.05 bits per heavy atom. The monoisotopic (exact) mass is 595 g/mol. The average molecular weight is 596 g/mol. The molecule has 10 heteroatoms. The van der Waals surface area contributed by atoms with E-state index in [2.05, 4.69) is 40.7 Å². The van der Waals surface area contributed by atoms with Gasteiger partial charge in [0, 0.05) is 36.5 Å². The van der Waals surface area contributed by atoms with Crippen molar-refractivity contribution in [3.63, 3.8) is 0 Å². The molecule has 0 fully saturated rings. The van der Waals surface area contributed by atoms with Gasteiger partial charge in [-0.3, -0.25) is 0 Å². The molecule has 0 radical (unpaired) electrons. The molecule has 0 saturated carbocycles. The fraction of sp³-hybridized carbons (Fsp3) is 0.312. The van der Waals surface area contributed by atoms with Gasteiger partial charge in [0.25, 0.3) is 0 Å². The number of nitrogens with one attached hydrogen (secondary N) is 2. The number of nitrogens with zero attached hydrogens (tertiary/aromatic N) is 1. The summed E-state index contributed by atoms with van der Waals surface area (Å²) in [5.41, 5.74) is 6.26. The maximum absolute atomic E-state index is 13.7. The van der Waals surface area contributed by atoms with Crippen molar-refractivity contribution in [2.75, 3.05) is 31.8 Å². The van der Waals surface area contributed by atoms with E-state index in [9.17, 15) is 21.6 Å². The molecule has 0 atom stereocenters. The van der Waals surface area contributed by atoms with Gasteiger partial charge in [0.2, 0.25) is 0 Å². The first-order valence-corrected chi connectivity index (χ1v) is 15.5. The molecule has 3 aromatic carbocycles. The highest BCUT2D eigenvalue weighted by atomic mass is 32.2. The van der Waals surface area contributed by atoms with Crippen LogP contribution < -0.4 is 15.4 Å². The summed E-state index contributed by atoms with van der Waals surface area (Å²) in [6.07, 6.45) is -3.44. The van der Waals surface area contributed by atoms with Gasteiger partial charge in [-0.2, -0.15) is 13.2 Å². The fourth-order valence-electron chi connectivity index (χ4n) is 5.43. The Kier molecular flexibility index (Phi) is 8.26. The SMILES string of the molecule is CCn1c(CC(F)(F)F)c(C#CCNc2ccc(S(C)(=O)=O)cc2OC)c2ccc(-c3ccc4c(c3)CCNC4)cc21. The molecule has 0 bridgehead atoms. The van der Waals surface area contributed by atoms with E-state index in [-0.39, 0.29) is 17.1 Å². The van der Waals surface area contributed by atoms with Gasteiger partial charge in [-0.25, -0.2) is 8.42 Å². The zero-order chi connectivity index (χ0) is 30.1. The Bertz CT molecular complexity index is 1820. The molecule has 1 aromatic heterocycles. The predicted molar refractivity (Wildman–Crippen MR) is 160 cm³/mol. The normalized spacial score (nSPS) is 13.4. The number of aryl methyl sites for hydroxylation is 1. The van der Waals surface area contributed by atoms with Crippen molar-refractivity contribution < 1.29 is 26.3 Å². The molecule has 2 N–H and O–H groups in total. The molecule has 2 heterocycles. The Morgan fingerprint density at radius 3 is 2.52 bits per heavy atom. The summed E-state index contributed by atoms with van der Waals surface area (Å²) in [5.74, 6) is 6.29. The summed E-state index contributed by atoms with van der Waals surface area (Å²) in [6, 6.07) is 16.6. The van der Waals surface area contributed by atoms with E-state index in [1.54, 1.807) is 10.6 Å². The Morgan fingerprint density at radius 2 is 1.81 bits per heavy atom. The third-order valence-corrected chi connectivity index (χ3v) is 8.57. The fourth-order valence-corrected chi connectivity index (χ4v) is 6.07. The van der Waals surface area contributed by atoms with E-state index in [0.29, 0.717) is 34.4 Å². The molecular weight excluding hydrogens is 563 g/mol. The highest BCUT2D eigenvalue weighted by molar-refractivity contribution is 7.90. The van der Waals surface area contributed by atoms with Gasteiger partial charge in [-0.1, -0.05) is 42.2 Å². The topological polar surface area (TPSA) is 72.4 Å². The van der Waals surface area contributed by atoms with Crippen molar-refractivity contribution in [1.29, 1.82) is 0 Å². The van der Waals surface area contributed by atoms with Gasteiger partial charge in [-0.15, -0.1) is 0 Å². The van der Waals surface area contributed by atoms with E-state index >= 15 is 0 Å². The summed E-state index contributed by atoms with van der Waals surface area (Å²) in [7, 11) is -1.98. The van der Waals surface area contributed by atoms with E-state index in [1.165, 1.54) is 30.4 Å². The van der Waals surface area contributed by atoms with Crippen LogP contribution in [0.2, 0.25) is 0 Å². The molecule has 1 aliphatic heterocycles. The van der Waals surface area contributed by atoms with Crippen LogP contribution in [0, 0.1) is 11.8 Å². The lowest BCUT2D eigenvalue weighted by Gasteiger charge is -2.18. The third kappa shape index (κ3) is 6.27. The lowest BCUT2D eigenvalue weighted by Crippen LogP contribution is -2.23. The van der Waals surface area contributed by atoms with Gasteiger partial charge in [0.15, 0.2) is 9.84 Å². The van der Waals surface area contributed by atoms with Gasteiger partial charge >= 0.3 is 6.18 Å². The number of alkyl halides is 3. The van der Waals surface area contributed by atoms with Crippen molar-refractivity contribution in [2.24, 2.45) is 0 Å². The number of rotatable bonds is 7.